The van der Waals surface area contributed by atoms with Crippen molar-refractivity contribution in [2.24, 2.45) is 0 Å². The van der Waals surface area contributed by atoms with Gasteiger partial charge in [0.2, 0.25) is 0 Å². The van der Waals surface area contributed by atoms with Crippen LogP contribution in [-0.2, 0) is 23.7 Å². The van der Waals surface area contributed by atoms with E-state index in [1.807, 2.05) is 13.8 Å². The number of hydrogen-bond acceptors (Lipinski definition) is 5. The van der Waals surface area contributed by atoms with Gasteiger partial charge in [0.1, 0.15) is 18.3 Å². The van der Waals surface area contributed by atoms with Gasteiger partial charge in [-0.05, 0) is 26.7 Å². The molecule has 0 amide bonds. The molecule has 2 heterocycles. The third kappa shape index (κ3) is 4.63. The first kappa shape index (κ1) is 17.2. The molecule has 2 fully saturated rings. The maximum absolute atomic E-state index is 6.01. The molecule has 21 heavy (non-hydrogen) atoms. The standard InChI is InChI=1S/C16H30O5/c1-5-7-9-17-11-12-13(18-10-8-6-2)14-15(19-12)21-16(3,4)20-14/h12-15H,5-11H2,1-4H3/t12-,13?,14+,15-/m1/s1. The van der Waals surface area contributed by atoms with Crippen molar-refractivity contribution in [1.82, 2.24) is 0 Å². The fraction of sp³-hybridized carbons (Fsp3) is 1.00. The lowest BCUT2D eigenvalue weighted by Gasteiger charge is -2.25. The number of ether oxygens (including phenoxy) is 5. The van der Waals surface area contributed by atoms with Crippen molar-refractivity contribution >= 4 is 0 Å². The molecule has 2 aliphatic rings. The minimum absolute atomic E-state index is 0.107. The Balaban J connectivity index is 1.87. The van der Waals surface area contributed by atoms with Crippen LogP contribution in [0.25, 0.3) is 0 Å². The summed E-state index contributed by atoms with van der Waals surface area (Å²) in [6, 6.07) is 0. The Morgan fingerprint density at radius 3 is 2.43 bits per heavy atom. The van der Waals surface area contributed by atoms with E-state index >= 15 is 0 Å². The minimum atomic E-state index is -0.601. The van der Waals surface area contributed by atoms with E-state index in [9.17, 15) is 0 Å². The van der Waals surface area contributed by atoms with E-state index in [1.54, 1.807) is 0 Å². The van der Waals surface area contributed by atoms with Gasteiger partial charge in [0.25, 0.3) is 0 Å². The van der Waals surface area contributed by atoms with Gasteiger partial charge in [-0.3, -0.25) is 0 Å². The largest absolute Gasteiger partial charge is 0.379 e. The molecule has 0 bridgehead atoms. The van der Waals surface area contributed by atoms with E-state index in [-0.39, 0.29) is 24.6 Å². The van der Waals surface area contributed by atoms with E-state index in [0.717, 1.165) is 38.9 Å². The number of rotatable bonds is 9. The quantitative estimate of drug-likeness (QED) is 0.613. The molecule has 0 aliphatic carbocycles. The summed E-state index contributed by atoms with van der Waals surface area (Å²) in [4.78, 5) is 0. The number of unbranched alkanes of at least 4 members (excludes halogenated alkanes) is 2. The van der Waals surface area contributed by atoms with Crippen molar-refractivity contribution in [3.8, 4) is 0 Å². The van der Waals surface area contributed by atoms with Gasteiger partial charge in [0.15, 0.2) is 12.1 Å². The Labute approximate surface area is 128 Å². The molecule has 0 N–H and O–H groups in total. The van der Waals surface area contributed by atoms with Gasteiger partial charge in [-0.2, -0.15) is 0 Å². The van der Waals surface area contributed by atoms with Crippen LogP contribution in [0.15, 0.2) is 0 Å². The minimum Gasteiger partial charge on any atom is -0.379 e. The second kappa shape index (κ2) is 7.88. The van der Waals surface area contributed by atoms with Crippen LogP contribution in [0.2, 0.25) is 0 Å². The Morgan fingerprint density at radius 2 is 1.71 bits per heavy atom. The van der Waals surface area contributed by atoms with Crippen LogP contribution >= 0.6 is 0 Å². The highest BCUT2D eigenvalue weighted by atomic mass is 16.8. The molecule has 2 aliphatic heterocycles. The Bertz CT molecular complexity index is 307. The van der Waals surface area contributed by atoms with Gasteiger partial charge in [0.05, 0.1) is 6.61 Å². The zero-order chi connectivity index (χ0) is 15.3. The van der Waals surface area contributed by atoms with Crippen molar-refractivity contribution in [2.45, 2.75) is 83.8 Å². The fourth-order valence-electron chi connectivity index (χ4n) is 2.69. The van der Waals surface area contributed by atoms with Crippen LogP contribution in [0.1, 0.15) is 53.4 Å². The normalized spacial score (nSPS) is 34.3. The predicted octanol–water partition coefficient (Wildman–Crippen LogP) is 2.86. The molecular formula is C16H30O5. The van der Waals surface area contributed by atoms with Gasteiger partial charge in [-0.25, -0.2) is 0 Å². The third-order valence-electron chi connectivity index (χ3n) is 3.82. The van der Waals surface area contributed by atoms with Crippen molar-refractivity contribution in [3.05, 3.63) is 0 Å². The molecule has 124 valence electrons. The highest BCUT2D eigenvalue weighted by Crippen LogP contribution is 2.38. The summed E-state index contributed by atoms with van der Waals surface area (Å²) in [6.45, 7) is 10.1. The van der Waals surface area contributed by atoms with Gasteiger partial charge in [0, 0.05) is 13.2 Å². The Hall–Kier alpha value is -0.200. The van der Waals surface area contributed by atoms with Crippen LogP contribution < -0.4 is 0 Å². The lowest BCUT2D eigenvalue weighted by molar-refractivity contribution is -0.223. The van der Waals surface area contributed by atoms with Crippen molar-refractivity contribution < 1.29 is 23.7 Å². The lowest BCUT2D eigenvalue weighted by Crippen LogP contribution is -2.39. The van der Waals surface area contributed by atoms with Gasteiger partial charge >= 0.3 is 0 Å². The Morgan fingerprint density at radius 1 is 1.00 bits per heavy atom. The first-order valence-corrected chi connectivity index (χ1v) is 8.28. The summed E-state index contributed by atoms with van der Waals surface area (Å²) >= 11 is 0. The summed E-state index contributed by atoms with van der Waals surface area (Å²) in [5.74, 6) is -0.601. The molecule has 1 unspecified atom stereocenters. The second-order valence-electron chi connectivity index (χ2n) is 6.26. The Kier molecular flexibility index (Phi) is 6.44. The molecule has 2 rings (SSSR count). The van der Waals surface area contributed by atoms with Crippen LogP contribution in [-0.4, -0.2) is 50.2 Å². The van der Waals surface area contributed by atoms with Crippen LogP contribution in [0, 0.1) is 0 Å². The molecule has 2 saturated heterocycles. The summed E-state index contributed by atoms with van der Waals surface area (Å²) in [6.07, 6.45) is 3.65. The maximum Gasteiger partial charge on any atom is 0.190 e. The average molecular weight is 302 g/mol. The van der Waals surface area contributed by atoms with E-state index in [1.165, 1.54) is 0 Å². The highest BCUT2D eigenvalue weighted by molar-refractivity contribution is 4.94. The molecule has 0 aromatic heterocycles. The second-order valence-corrected chi connectivity index (χ2v) is 6.26. The van der Waals surface area contributed by atoms with E-state index in [2.05, 4.69) is 13.8 Å². The zero-order valence-corrected chi connectivity index (χ0v) is 13.8. The highest BCUT2D eigenvalue weighted by Gasteiger charge is 2.55. The first-order valence-electron chi connectivity index (χ1n) is 8.28. The van der Waals surface area contributed by atoms with Crippen LogP contribution in [0.3, 0.4) is 0 Å². The molecule has 5 nitrogen and oxygen atoms in total. The molecule has 4 atom stereocenters. The fourth-order valence-corrected chi connectivity index (χ4v) is 2.69. The summed E-state index contributed by atoms with van der Waals surface area (Å²) < 4.78 is 29.4. The molecule has 5 heteroatoms. The molecule has 0 aromatic carbocycles. The number of fused-ring (bicyclic) bond motifs is 1. The van der Waals surface area contributed by atoms with Gasteiger partial charge in [-0.15, -0.1) is 0 Å². The van der Waals surface area contributed by atoms with E-state index < -0.39 is 5.79 Å². The van der Waals surface area contributed by atoms with Crippen LogP contribution in [0.5, 0.6) is 0 Å². The lowest BCUT2D eigenvalue weighted by atomic mass is 10.1. The first-order chi connectivity index (χ1) is 10.1. The molecule has 0 aromatic rings. The maximum atomic E-state index is 6.01. The third-order valence-corrected chi connectivity index (χ3v) is 3.82. The molecule has 0 radical (unpaired) electrons. The number of hydrogen-bond donors (Lipinski definition) is 0. The predicted molar refractivity (Wildman–Crippen MR) is 79.1 cm³/mol. The summed E-state index contributed by atoms with van der Waals surface area (Å²) in [5.41, 5.74) is 0. The molecule has 0 spiro atoms. The molecule has 0 saturated carbocycles. The van der Waals surface area contributed by atoms with Crippen molar-refractivity contribution in [1.29, 1.82) is 0 Å². The van der Waals surface area contributed by atoms with E-state index in [0.29, 0.717) is 6.61 Å². The molecular weight excluding hydrogens is 272 g/mol. The van der Waals surface area contributed by atoms with Gasteiger partial charge in [-0.1, -0.05) is 26.7 Å². The van der Waals surface area contributed by atoms with Crippen molar-refractivity contribution in [2.75, 3.05) is 19.8 Å². The smallest absolute Gasteiger partial charge is 0.190 e. The zero-order valence-electron chi connectivity index (χ0n) is 13.8. The summed E-state index contributed by atoms with van der Waals surface area (Å²) in [5, 5.41) is 0. The van der Waals surface area contributed by atoms with E-state index in [4.69, 9.17) is 23.7 Å². The summed E-state index contributed by atoms with van der Waals surface area (Å²) in [7, 11) is 0. The monoisotopic (exact) mass is 302 g/mol. The van der Waals surface area contributed by atoms with Crippen LogP contribution in [0.4, 0.5) is 0 Å². The SMILES string of the molecule is CCCCOC[C@H]1O[C@@H]2OC(C)(C)O[C@H]2C1OCCCC. The average Bonchev–Trinajstić information content (AvgIpc) is 2.88. The van der Waals surface area contributed by atoms with Crippen molar-refractivity contribution in [3.63, 3.8) is 0 Å². The topological polar surface area (TPSA) is 46.2 Å². The van der Waals surface area contributed by atoms with Gasteiger partial charge < -0.3 is 23.7 Å².